The number of Topliss-reactive ketones (excluding diaryl/α,β-unsaturated/α-hetero) is 1. The fraction of sp³-hybridized carbons (Fsp3) is 0.667. The Bertz CT molecular complexity index is 153. The summed E-state index contributed by atoms with van der Waals surface area (Å²) in [5.41, 5.74) is -0.758. The van der Waals surface area contributed by atoms with Gasteiger partial charge in [-0.25, -0.2) is 4.79 Å². The number of aliphatic carboxylic acids is 1. The van der Waals surface area contributed by atoms with Crippen LogP contribution < -0.4 is 0 Å². The van der Waals surface area contributed by atoms with Crippen LogP contribution in [-0.2, 0) is 9.59 Å². The van der Waals surface area contributed by atoms with E-state index in [2.05, 4.69) is 0 Å². The molecule has 1 N–H and O–H groups in total. The molecular weight excluding hydrogens is 257 g/mol. The molecule has 0 atom stereocenters. The van der Waals surface area contributed by atoms with Crippen LogP contribution in [0.5, 0.6) is 0 Å². The number of carbonyl (C=O) groups is 2. The van der Waals surface area contributed by atoms with Crippen LogP contribution in [0.1, 0.15) is 23.6 Å². The molecule has 0 rings (SSSR count). The van der Waals surface area contributed by atoms with Gasteiger partial charge in [-0.15, -0.1) is 0 Å². The summed E-state index contributed by atoms with van der Waals surface area (Å²) in [6.45, 7) is 4.72. The number of rotatable bonds is 1. The van der Waals surface area contributed by atoms with Gasteiger partial charge in [0.1, 0.15) is 0 Å². The van der Waals surface area contributed by atoms with E-state index in [0.717, 1.165) is 0 Å². The summed E-state index contributed by atoms with van der Waals surface area (Å²) in [6, 6.07) is 0. The van der Waals surface area contributed by atoms with E-state index >= 15 is 0 Å². The standard InChI is InChI=1S/C6H10O3.Ba.2H/c1-6(2,3)4(7)5(8)9;;;/h1-3H3,(H,8,9);;;/q;+2;2*-1. The van der Waals surface area contributed by atoms with Gasteiger partial charge in [-0.3, -0.25) is 4.79 Å². The number of carboxylic acid groups (broad SMARTS) is 1. The molecule has 3 nitrogen and oxygen atoms in total. The average molecular weight is 269 g/mol. The molecule has 4 heteroatoms. The molecule has 0 heterocycles. The molecule has 0 aromatic carbocycles. The van der Waals surface area contributed by atoms with E-state index < -0.39 is 17.2 Å². The first kappa shape index (κ1) is 13.3. The minimum atomic E-state index is -1.36. The molecule has 0 saturated heterocycles. The van der Waals surface area contributed by atoms with Gasteiger partial charge in [-0.2, -0.15) is 0 Å². The molecule has 0 spiro atoms. The van der Waals surface area contributed by atoms with Crippen molar-refractivity contribution >= 4 is 60.6 Å². The van der Waals surface area contributed by atoms with Gasteiger partial charge in [0.2, 0.25) is 5.78 Å². The Balaban J connectivity index is -0.000000107. The third-order valence-corrected chi connectivity index (χ3v) is 0.875. The van der Waals surface area contributed by atoms with Crippen LogP contribution in [0.25, 0.3) is 0 Å². The molecule has 0 aliphatic heterocycles. The van der Waals surface area contributed by atoms with Crippen molar-refractivity contribution in [2.45, 2.75) is 20.8 Å². The number of ketones is 1. The third-order valence-electron chi connectivity index (χ3n) is 0.875. The summed E-state index contributed by atoms with van der Waals surface area (Å²) in [7, 11) is 0. The van der Waals surface area contributed by atoms with E-state index in [1.807, 2.05) is 0 Å². The summed E-state index contributed by atoms with van der Waals surface area (Å²) >= 11 is 0. The van der Waals surface area contributed by atoms with Gasteiger partial charge in [-0.05, 0) is 0 Å². The van der Waals surface area contributed by atoms with Crippen LogP contribution in [0.4, 0.5) is 0 Å². The van der Waals surface area contributed by atoms with Gasteiger partial charge in [-0.1, -0.05) is 20.8 Å². The molecule has 0 amide bonds. The number of hydrogen-bond donors (Lipinski definition) is 1. The number of carbonyl (C=O) groups excluding carboxylic acids is 1. The molecule has 0 saturated carbocycles. The van der Waals surface area contributed by atoms with Crippen LogP contribution in [-0.4, -0.2) is 65.7 Å². The smallest absolute Gasteiger partial charge is 1.00 e. The summed E-state index contributed by atoms with van der Waals surface area (Å²) in [6.07, 6.45) is 0. The van der Waals surface area contributed by atoms with Crippen molar-refractivity contribution in [1.82, 2.24) is 0 Å². The first-order valence-electron chi connectivity index (χ1n) is 2.63. The molecule has 56 valence electrons. The quantitative estimate of drug-likeness (QED) is 0.558. The molecule has 0 aromatic heterocycles. The van der Waals surface area contributed by atoms with Crippen LogP contribution in [0.3, 0.4) is 0 Å². The van der Waals surface area contributed by atoms with E-state index in [0.29, 0.717) is 0 Å². The zero-order valence-corrected chi connectivity index (χ0v) is 10.9. The second-order valence-corrected chi connectivity index (χ2v) is 2.88. The molecule has 10 heavy (non-hydrogen) atoms. The van der Waals surface area contributed by atoms with Gasteiger partial charge >= 0.3 is 54.9 Å². The predicted octanol–water partition coefficient (Wildman–Crippen LogP) is 0.530. The maximum atomic E-state index is 10.6. The summed E-state index contributed by atoms with van der Waals surface area (Å²) in [5.74, 6) is -2.11. The molecule has 0 radical (unpaired) electrons. The van der Waals surface area contributed by atoms with Crippen molar-refractivity contribution in [2.75, 3.05) is 0 Å². The van der Waals surface area contributed by atoms with Gasteiger partial charge in [0.05, 0.1) is 0 Å². The Hall–Kier alpha value is 0.711. The van der Waals surface area contributed by atoms with Crippen LogP contribution in [0.2, 0.25) is 0 Å². The van der Waals surface area contributed by atoms with Crippen molar-refractivity contribution in [3.8, 4) is 0 Å². The molecule has 0 bridgehead atoms. The maximum absolute atomic E-state index is 10.6. The van der Waals surface area contributed by atoms with Crippen LogP contribution in [0.15, 0.2) is 0 Å². The topological polar surface area (TPSA) is 54.4 Å². The second-order valence-electron chi connectivity index (χ2n) is 2.88. The van der Waals surface area contributed by atoms with Crippen molar-refractivity contribution in [1.29, 1.82) is 0 Å². The zero-order valence-electron chi connectivity index (χ0n) is 8.47. The Labute approximate surface area is 103 Å². The number of carboxylic acids is 1. The van der Waals surface area contributed by atoms with E-state index in [1.54, 1.807) is 20.8 Å². The molecule has 0 unspecified atom stereocenters. The third kappa shape index (κ3) is 4.52. The molecule has 0 aliphatic carbocycles. The zero-order chi connectivity index (χ0) is 7.65. The maximum Gasteiger partial charge on any atom is 2.00 e. The first-order valence-corrected chi connectivity index (χ1v) is 2.63. The van der Waals surface area contributed by atoms with Crippen molar-refractivity contribution in [3.05, 3.63) is 0 Å². The molecule has 0 aromatic rings. The average Bonchev–Trinajstić information content (AvgIpc) is 1.62. The molecule has 0 fully saturated rings. The first-order chi connectivity index (χ1) is 3.85. The fourth-order valence-electron chi connectivity index (χ4n) is 0.321. The van der Waals surface area contributed by atoms with E-state index in [9.17, 15) is 9.59 Å². The van der Waals surface area contributed by atoms with E-state index in [1.165, 1.54) is 0 Å². The van der Waals surface area contributed by atoms with Gasteiger partial charge in [0, 0.05) is 5.41 Å². The normalized spacial score (nSPS) is 9.90. The van der Waals surface area contributed by atoms with Crippen LogP contribution >= 0.6 is 0 Å². The van der Waals surface area contributed by atoms with Gasteiger partial charge in [0.15, 0.2) is 0 Å². The van der Waals surface area contributed by atoms with Crippen molar-refractivity contribution < 1.29 is 17.5 Å². The molecular formula is C6H12BaO3. The number of hydrogen-bond acceptors (Lipinski definition) is 2. The largest absolute Gasteiger partial charge is 2.00 e. The predicted molar refractivity (Wildman–Crippen MR) is 40.1 cm³/mol. The van der Waals surface area contributed by atoms with Crippen molar-refractivity contribution in [2.24, 2.45) is 5.41 Å². The SMILES string of the molecule is CC(C)(C)C(=O)C(=O)O.[Ba+2].[H-].[H-]. The Morgan fingerprint density at radius 2 is 1.60 bits per heavy atom. The minimum absolute atomic E-state index is 0. The Morgan fingerprint density at radius 1 is 1.30 bits per heavy atom. The fourth-order valence-corrected chi connectivity index (χ4v) is 0.321. The Kier molecular flexibility index (Phi) is 6.07. The van der Waals surface area contributed by atoms with Crippen molar-refractivity contribution in [3.63, 3.8) is 0 Å². The van der Waals surface area contributed by atoms with E-state index in [4.69, 9.17) is 5.11 Å². The van der Waals surface area contributed by atoms with Crippen LogP contribution in [0, 0.1) is 5.41 Å². The summed E-state index contributed by atoms with van der Waals surface area (Å²) in [4.78, 5) is 20.6. The monoisotopic (exact) mass is 270 g/mol. The minimum Gasteiger partial charge on any atom is -1.00 e. The Morgan fingerprint density at radius 3 is 1.60 bits per heavy atom. The summed E-state index contributed by atoms with van der Waals surface area (Å²) in [5, 5.41) is 8.17. The van der Waals surface area contributed by atoms with Gasteiger partial charge < -0.3 is 7.96 Å². The second kappa shape index (κ2) is 4.56. The van der Waals surface area contributed by atoms with E-state index in [-0.39, 0.29) is 51.7 Å². The van der Waals surface area contributed by atoms with Gasteiger partial charge in [0.25, 0.3) is 0 Å². The molecule has 0 aliphatic rings. The summed E-state index contributed by atoms with van der Waals surface area (Å²) < 4.78 is 0.